The fraction of sp³-hybridized carbons (Fsp3) is 0.391. The monoisotopic (exact) mass is 436 g/mol. The highest BCUT2D eigenvalue weighted by Gasteiger charge is 2.24. The molecule has 3 aromatic rings. The Kier molecular flexibility index (Phi) is 6.36. The number of nitrogens with zero attached hydrogens (tertiary/aromatic N) is 4. The van der Waals surface area contributed by atoms with E-state index in [1.165, 1.54) is 12.5 Å². The van der Waals surface area contributed by atoms with E-state index in [1.54, 1.807) is 6.07 Å². The maximum absolute atomic E-state index is 12.5. The number of aromatic nitrogens is 2. The van der Waals surface area contributed by atoms with Gasteiger partial charge < -0.3 is 20.4 Å². The third-order valence-corrected chi connectivity index (χ3v) is 5.71. The number of hydrogen-bond acceptors (Lipinski definition) is 7. The zero-order chi connectivity index (χ0) is 22.7. The zero-order valence-electron chi connectivity index (χ0n) is 18.3. The van der Waals surface area contributed by atoms with Crippen molar-refractivity contribution in [1.29, 1.82) is 0 Å². The molecule has 1 aromatic carbocycles. The second kappa shape index (κ2) is 9.35. The van der Waals surface area contributed by atoms with Crippen LogP contribution in [0.2, 0.25) is 0 Å². The van der Waals surface area contributed by atoms with Gasteiger partial charge in [-0.05, 0) is 24.1 Å². The van der Waals surface area contributed by atoms with Crippen molar-refractivity contribution in [2.45, 2.75) is 26.4 Å². The number of primary amides is 1. The maximum atomic E-state index is 12.5. The van der Waals surface area contributed by atoms with E-state index in [9.17, 15) is 9.59 Å². The molecule has 0 spiro atoms. The Morgan fingerprint density at radius 3 is 2.53 bits per heavy atom. The zero-order valence-corrected chi connectivity index (χ0v) is 18.3. The average Bonchev–Trinajstić information content (AvgIpc) is 3.32. The minimum atomic E-state index is -0.529. The molecular weight excluding hydrogens is 408 g/mol. The Morgan fingerprint density at radius 2 is 1.88 bits per heavy atom. The van der Waals surface area contributed by atoms with Gasteiger partial charge in [0.25, 0.3) is 5.91 Å². The lowest BCUT2D eigenvalue weighted by Gasteiger charge is -2.34. The normalized spacial score (nSPS) is 15.8. The molecule has 0 saturated carbocycles. The van der Waals surface area contributed by atoms with Gasteiger partial charge in [0, 0.05) is 31.6 Å². The van der Waals surface area contributed by atoms with Crippen molar-refractivity contribution in [3.63, 3.8) is 0 Å². The number of para-hydroxylation sites is 1. The highest BCUT2D eigenvalue weighted by Crippen LogP contribution is 2.23. The summed E-state index contributed by atoms with van der Waals surface area (Å²) in [6.45, 7) is 7.13. The average molecular weight is 437 g/mol. The molecule has 1 aliphatic heterocycles. The van der Waals surface area contributed by atoms with E-state index in [1.807, 2.05) is 43.0 Å². The molecule has 2 amide bonds. The van der Waals surface area contributed by atoms with Crippen LogP contribution in [0.15, 0.2) is 47.3 Å². The minimum Gasteiger partial charge on any atom is -0.472 e. The summed E-state index contributed by atoms with van der Waals surface area (Å²) in [5.41, 5.74) is 6.98. The number of nitrogens with two attached hydrogens (primary N) is 1. The second-order valence-electron chi connectivity index (χ2n) is 8.35. The summed E-state index contributed by atoms with van der Waals surface area (Å²) in [5, 5.41) is 4.08. The van der Waals surface area contributed by atoms with E-state index in [0.29, 0.717) is 36.8 Å². The number of fused-ring (bicyclic) bond motifs is 1. The van der Waals surface area contributed by atoms with Gasteiger partial charge in [-0.15, -0.1) is 0 Å². The van der Waals surface area contributed by atoms with E-state index in [-0.39, 0.29) is 11.8 Å². The van der Waals surface area contributed by atoms with E-state index in [0.717, 1.165) is 24.0 Å². The summed E-state index contributed by atoms with van der Waals surface area (Å²) in [7, 11) is 0. The molecule has 168 valence electrons. The second-order valence-corrected chi connectivity index (χ2v) is 8.35. The smallest absolute Gasteiger partial charge is 0.257 e. The Hall–Kier alpha value is -3.46. The summed E-state index contributed by atoms with van der Waals surface area (Å²) < 4.78 is 5.02. The van der Waals surface area contributed by atoms with Gasteiger partial charge in [-0.1, -0.05) is 26.0 Å². The SMILES string of the molecule is CC(C)[C@H](Nc1nc(CN2CCN(C(=O)c3ccoc3)CC2)nc2ccccc12)C(N)=O. The molecule has 0 aliphatic carbocycles. The van der Waals surface area contributed by atoms with E-state index in [4.69, 9.17) is 20.1 Å². The van der Waals surface area contributed by atoms with Crippen LogP contribution in [0, 0.1) is 5.92 Å². The van der Waals surface area contributed by atoms with Gasteiger partial charge in [-0.2, -0.15) is 0 Å². The molecule has 0 bridgehead atoms. The Bertz CT molecular complexity index is 1090. The van der Waals surface area contributed by atoms with Crippen LogP contribution < -0.4 is 11.1 Å². The van der Waals surface area contributed by atoms with Crippen LogP contribution in [0.1, 0.15) is 30.0 Å². The standard InChI is InChI=1S/C23H28N6O3/c1-15(2)20(21(24)30)27-22-17-5-3-4-6-18(17)25-19(26-22)13-28-8-10-29(11-9-28)23(31)16-7-12-32-14-16/h3-7,12,14-15,20H,8-11,13H2,1-2H3,(H2,24,30)(H,25,26,27)/t20-/m0/s1. The number of hydrogen-bond donors (Lipinski definition) is 2. The number of piperazine rings is 1. The number of rotatable bonds is 7. The van der Waals surface area contributed by atoms with Crippen LogP contribution in [0.3, 0.4) is 0 Å². The predicted molar refractivity (Wildman–Crippen MR) is 121 cm³/mol. The number of anilines is 1. The quantitative estimate of drug-likeness (QED) is 0.582. The van der Waals surface area contributed by atoms with Crippen LogP contribution in [0.5, 0.6) is 0 Å². The lowest BCUT2D eigenvalue weighted by molar-refractivity contribution is -0.119. The van der Waals surface area contributed by atoms with Gasteiger partial charge in [0.15, 0.2) is 0 Å². The molecule has 1 atom stereocenters. The minimum absolute atomic E-state index is 0.0157. The Labute approximate surface area is 186 Å². The first-order valence-electron chi connectivity index (χ1n) is 10.8. The molecule has 0 radical (unpaired) electrons. The Morgan fingerprint density at radius 1 is 1.12 bits per heavy atom. The van der Waals surface area contributed by atoms with Gasteiger partial charge in [0.2, 0.25) is 5.91 Å². The molecule has 4 rings (SSSR count). The van der Waals surface area contributed by atoms with E-state index < -0.39 is 11.9 Å². The Balaban J connectivity index is 1.49. The van der Waals surface area contributed by atoms with Gasteiger partial charge in [0.05, 0.1) is 23.9 Å². The third-order valence-electron chi connectivity index (χ3n) is 5.71. The first kappa shape index (κ1) is 21.8. The van der Waals surface area contributed by atoms with Crippen LogP contribution in [-0.4, -0.2) is 63.8 Å². The predicted octanol–water partition coefficient (Wildman–Crippen LogP) is 2.10. The molecule has 0 unspecified atom stereocenters. The van der Waals surface area contributed by atoms with Crippen molar-refractivity contribution in [1.82, 2.24) is 19.8 Å². The van der Waals surface area contributed by atoms with Crippen LogP contribution in [0.4, 0.5) is 5.82 Å². The molecular formula is C23H28N6O3. The number of furan rings is 1. The first-order valence-corrected chi connectivity index (χ1v) is 10.8. The van der Waals surface area contributed by atoms with Crippen molar-refractivity contribution in [2.75, 3.05) is 31.5 Å². The number of benzene rings is 1. The maximum Gasteiger partial charge on any atom is 0.257 e. The number of nitrogens with one attached hydrogen (secondary N) is 1. The molecule has 3 N–H and O–H groups in total. The van der Waals surface area contributed by atoms with Gasteiger partial charge in [-0.25, -0.2) is 9.97 Å². The van der Waals surface area contributed by atoms with Crippen LogP contribution >= 0.6 is 0 Å². The van der Waals surface area contributed by atoms with Crippen molar-refractivity contribution in [3.8, 4) is 0 Å². The summed E-state index contributed by atoms with van der Waals surface area (Å²) in [6.07, 6.45) is 2.98. The van der Waals surface area contributed by atoms with Crippen molar-refractivity contribution < 1.29 is 14.0 Å². The first-order chi connectivity index (χ1) is 15.4. The van der Waals surface area contributed by atoms with Crippen LogP contribution in [0.25, 0.3) is 10.9 Å². The fourth-order valence-electron chi connectivity index (χ4n) is 3.90. The molecule has 9 nitrogen and oxygen atoms in total. The summed E-state index contributed by atoms with van der Waals surface area (Å²) in [4.78, 5) is 37.9. The molecule has 1 fully saturated rings. The number of amides is 2. The largest absolute Gasteiger partial charge is 0.472 e. The molecule has 1 saturated heterocycles. The molecule has 3 heterocycles. The summed E-state index contributed by atoms with van der Waals surface area (Å²) >= 11 is 0. The number of carbonyl (C=O) groups excluding carboxylic acids is 2. The van der Waals surface area contributed by atoms with E-state index >= 15 is 0 Å². The van der Waals surface area contributed by atoms with Crippen molar-refractivity contribution in [2.24, 2.45) is 11.7 Å². The van der Waals surface area contributed by atoms with Gasteiger partial charge >= 0.3 is 0 Å². The van der Waals surface area contributed by atoms with Crippen molar-refractivity contribution >= 4 is 28.5 Å². The third kappa shape index (κ3) is 4.72. The molecule has 2 aromatic heterocycles. The fourth-order valence-corrected chi connectivity index (χ4v) is 3.90. The summed E-state index contributed by atoms with van der Waals surface area (Å²) in [6, 6.07) is 8.86. The van der Waals surface area contributed by atoms with Gasteiger partial charge in [0.1, 0.15) is 23.9 Å². The van der Waals surface area contributed by atoms with Gasteiger partial charge in [-0.3, -0.25) is 14.5 Å². The highest BCUT2D eigenvalue weighted by molar-refractivity contribution is 5.94. The topological polar surface area (TPSA) is 118 Å². The van der Waals surface area contributed by atoms with E-state index in [2.05, 4.69) is 10.2 Å². The molecule has 9 heteroatoms. The lowest BCUT2D eigenvalue weighted by Crippen LogP contribution is -2.48. The summed E-state index contributed by atoms with van der Waals surface area (Å²) in [5.74, 6) is 0.857. The lowest BCUT2D eigenvalue weighted by atomic mass is 10.0. The van der Waals surface area contributed by atoms with Crippen LogP contribution in [-0.2, 0) is 11.3 Å². The van der Waals surface area contributed by atoms with Crippen molar-refractivity contribution in [3.05, 3.63) is 54.2 Å². The highest BCUT2D eigenvalue weighted by atomic mass is 16.3. The molecule has 32 heavy (non-hydrogen) atoms. The number of carbonyl (C=O) groups is 2. The molecule has 1 aliphatic rings.